The molecule has 8 nitrogen and oxygen atoms in total. The van der Waals surface area contributed by atoms with Crippen molar-refractivity contribution in [2.45, 2.75) is 19.6 Å². The summed E-state index contributed by atoms with van der Waals surface area (Å²) in [5.74, 6) is -0.874. The summed E-state index contributed by atoms with van der Waals surface area (Å²) < 4.78 is 15.3. The molecule has 0 atom stereocenters. The Morgan fingerprint density at radius 2 is 1.59 bits per heavy atom. The Morgan fingerprint density at radius 3 is 2.31 bits per heavy atom. The van der Waals surface area contributed by atoms with Gasteiger partial charge in [-0.25, -0.2) is 19.2 Å². The van der Waals surface area contributed by atoms with Crippen molar-refractivity contribution in [3.8, 4) is 0 Å². The highest BCUT2D eigenvalue weighted by atomic mass is 35.5. The van der Waals surface area contributed by atoms with Gasteiger partial charge in [-0.15, -0.1) is 0 Å². The van der Waals surface area contributed by atoms with Crippen molar-refractivity contribution in [3.63, 3.8) is 0 Å². The normalized spacial score (nSPS) is 10.9. The zero-order valence-corrected chi connectivity index (χ0v) is 17.4. The van der Waals surface area contributed by atoms with Crippen LogP contribution < -0.4 is 16.6 Å². The third kappa shape index (κ3) is 4.57. The summed E-state index contributed by atoms with van der Waals surface area (Å²) in [6.45, 7) is -0.217. The van der Waals surface area contributed by atoms with E-state index in [1.807, 2.05) is 0 Å². The highest BCUT2D eigenvalue weighted by Gasteiger charge is 2.17. The van der Waals surface area contributed by atoms with E-state index in [0.29, 0.717) is 10.6 Å². The number of rotatable bonds is 6. The van der Waals surface area contributed by atoms with Gasteiger partial charge in [0.1, 0.15) is 12.4 Å². The molecule has 0 saturated carbocycles. The second-order valence-corrected chi connectivity index (χ2v) is 7.45. The average molecular weight is 454 g/mol. The molecular formula is C22H17ClFN5O3. The quantitative estimate of drug-likeness (QED) is 0.482. The molecule has 0 aliphatic heterocycles. The minimum absolute atomic E-state index is 0.0134. The summed E-state index contributed by atoms with van der Waals surface area (Å²) in [6, 6.07) is 12.4. The van der Waals surface area contributed by atoms with Crippen molar-refractivity contribution < 1.29 is 9.18 Å². The topological polar surface area (TPSA) is 98.9 Å². The molecule has 0 radical (unpaired) electrons. The lowest BCUT2D eigenvalue weighted by Crippen LogP contribution is -2.43. The second kappa shape index (κ2) is 9.11. The third-order valence-corrected chi connectivity index (χ3v) is 5.05. The number of hydrogen-bond donors (Lipinski definition) is 1. The molecule has 2 aromatic heterocycles. The van der Waals surface area contributed by atoms with E-state index < -0.39 is 23.0 Å². The zero-order chi connectivity index (χ0) is 22.7. The molecule has 0 spiro atoms. The van der Waals surface area contributed by atoms with Crippen molar-refractivity contribution in [1.82, 2.24) is 24.4 Å². The summed E-state index contributed by atoms with van der Waals surface area (Å²) in [5.41, 5.74) is 0.00188. The number of nitrogens with one attached hydrogen (secondary N) is 1. The van der Waals surface area contributed by atoms with Gasteiger partial charge >= 0.3 is 5.69 Å². The molecule has 4 aromatic rings. The van der Waals surface area contributed by atoms with Crippen molar-refractivity contribution >= 4 is 28.7 Å². The first-order valence-electron chi connectivity index (χ1n) is 9.62. The first-order chi connectivity index (χ1) is 15.4. The molecule has 4 rings (SSSR count). The number of hydrogen-bond acceptors (Lipinski definition) is 5. The number of benzene rings is 2. The third-order valence-electron chi connectivity index (χ3n) is 4.80. The molecule has 0 unspecified atom stereocenters. The van der Waals surface area contributed by atoms with Crippen LogP contribution in [0.25, 0.3) is 11.2 Å². The summed E-state index contributed by atoms with van der Waals surface area (Å²) in [5, 5.41) is 3.31. The van der Waals surface area contributed by atoms with Crippen LogP contribution in [-0.4, -0.2) is 25.0 Å². The summed E-state index contributed by atoms with van der Waals surface area (Å²) in [6.07, 6.45) is 2.68. The predicted molar refractivity (Wildman–Crippen MR) is 117 cm³/mol. The van der Waals surface area contributed by atoms with E-state index in [4.69, 9.17) is 11.6 Å². The molecule has 10 heteroatoms. The average Bonchev–Trinajstić information content (AvgIpc) is 2.80. The van der Waals surface area contributed by atoms with E-state index in [0.717, 1.165) is 14.7 Å². The maximum absolute atomic E-state index is 13.2. The maximum atomic E-state index is 13.2. The van der Waals surface area contributed by atoms with Crippen LogP contribution >= 0.6 is 11.6 Å². The van der Waals surface area contributed by atoms with E-state index in [2.05, 4.69) is 15.3 Å². The minimum Gasteiger partial charge on any atom is -0.350 e. The predicted octanol–water partition coefficient (Wildman–Crippen LogP) is 2.11. The second-order valence-electron chi connectivity index (χ2n) is 7.02. The fourth-order valence-corrected chi connectivity index (χ4v) is 3.31. The number of amides is 1. The molecular weight excluding hydrogens is 437 g/mol. The van der Waals surface area contributed by atoms with Crippen molar-refractivity contribution in [2.24, 2.45) is 0 Å². The fourth-order valence-electron chi connectivity index (χ4n) is 3.19. The molecule has 2 aromatic carbocycles. The lowest BCUT2D eigenvalue weighted by Gasteiger charge is -2.13. The summed E-state index contributed by atoms with van der Waals surface area (Å²) in [4.78, 5) is 46.7. The van der Waals surface area contributed by atoms with E-state index >= 15 is 0 Å². The molecule has 2 heterocycles. The van der Waals surface area contributed by atoms with Crippen LogP contribution in [0.1, 0.15) is 11.1 Å². The van der Waals surface area contributed by atoms with Crippen molar-refractivity contribution in [3.05, 3.63) is 104 Å². The number of carbonyl (C=O) groups excluding carboxylic acids is 1. The Morgan fingerprint density at radius 1 is 0.938 bits per heavy atom. The van der Waals surface area contributed by atoms with Crippen LogP contribution in [0, 0.1) is 5.82 Å². The minimum atomic E-state index is -0.714. The van der Waals surface area contributed by atoms with Gasteiger partial charge in [0.05, 0.1) is 6.54 Å². The molecule has 0 saturated heterocycles. The number of aromatic nitrogens is 4. The lowest BCUT2D eigenvalue weighted by atomic mass is 10.2. The van der Waals surface area contributed by atoms with Gasteiger partial charge in [-0.05, 0) is 35.4 Å². The monoisotopic (exact) mass is 453 g/mol. The van der Waals surface area contributed by atoms with E-state index in [1.165, 1.54) is 36.7 Å². The fraction of sp³-hybridized carbons (Fsp3) is 0.136. The van der Waals surface area contributed by atoms with Crippen molar-refractivity contribution in [1.29, 1.82) is 0 Å². The molecule has 0 aliphatic rings. The number of carbonyl (C=O) groups is 1. The number of nitrogens with zero attached hydrogens (tertiary/aromatic N) is 4. The largest absolute Gasteiger partial charge is 0.350 e. The van der Waals surface area contributed by atoms with Crippen LogP contribution in [0.2, 0.25) is 5.02 Å². The van der Waals surface area contributed by atoms with Gasteiger partial charge in [-0.3, -0.25) is 18.7 Å². The molecule has 1 N–H and O–H groups in total. The van der Waals surface area contributed by atoms with E-state index in [1.54, 1.807) is 24.3 Å². The van der Waals surface area contributed by atoms with Gasteiger partial charge in [0.15, 0.2) is 11.2 Å². The van der Waals surface area contributed by atoms with Crippen molar-refractivity contribution in [2.75, 3.05) is 0 Å². The molecule has 0 aliphatic carbocycles. The van der Waals surface area contributed by atoms with Crippen LogP contribution in [0.3, 0.4) is 0 Å². The number of fused-ring (bicyclic) bond motifs is 1. The zero-order valence-electron chi connectivity index (χ0n) is 16.7. The highest BCUT2D eigenvalue weighted by Crippen LogP contribution is 2.09. The highest BCUT2D eigenvalue weighted by molar-refractivity contribution is 6.30. The maximum Gasteiger partial charge on any atom is 0.333 e. The lowest BCUT2D eigenvalue weighted by molar-refractivity contribution is -0.121. The van der Waals surface area contributed by atoms with Crippen LogP contribution in [0.4, 0.5) is 4.39 Å². The van der Waals surface area contributed by atoms with Crippen LogP contribution in [0.15, 0.2) is 70.5 Å². The Balaban J connectivity index is 1.66. The smallest absolute Gasteiger partial charge is 0.333 e. The first-order valence-corrected chi connectivity index (χ1v) is 10.00. The van der Waals surface area contributed by atoms with Crippen LogP contribution in [0.5, 0.6) is 0 Å². The Kier molecular flexibility index (Phi) is 6.09. The van der Waals surface area contributed by atoms with Gasteiger partial charge in [-0.1, -0.05) is 35.9 Å². The van der Waals surface area contributed by atoms with Crippen LogP contribution in [-0.2, 0) is 24.4 Å². The van der Waals surface area contributed by atoms with E-state index in [9.17, 15) is 18.8 Å². The summed E-state index contributed by atoms with van der Waals surface area (Å²) >= 11 is 5.86. The SMILES string of the molecule is O=C(Cn1c(=O)n(Cc2ccc(F)cc2)c(=O)c2nccnc21)NCc1ccc(Cl)cc1. The Hall–Kier alpha value is -3.85. The Bertz CT molecular complexity index is 1400. The van der Waals surface area contributed by atoms with Gasteiger partial charge < -0.3 is 5.32 Å². The standard InChI is InChI=1S/C22H17ClFN5O3/c23-16-5-1-14(2-6-16)11-27-18(30)13-28-20-19(25-9-10-26-20)21(31)29(22(28)32)12-15-3-7-17(24)8-4-15/h1-10H,11-13H2,(H,27,30). The van der Waals surface area contributed by atoms with Gasteiger partial charge in [-0.2, -0.15) is 0 Å². The van der Waals surface area contributed by atoms with Gasteiger partial charge in [0.2, 0.25) is 5.91 Å². The molecule has 0 bridgehead atoms. The molecule has 0 fully saturated rings. The van der Waals surface area contributed by atoms with Gasteiger partial charge in [0.25, 0.3) is 5.56 Å². The Labute approximate surface area is 185 Å². The summed E-state index contributed by atoms with van der Waals surface area (Å²) in [7, 11) is 0. The molecule has 162 valence electrons. The molecule has 32 heavy (non-hydrogen) atoms. The van der Waals surface area contributed by atoms with E-state index in [-0.39, 0.29) is 30.8 Å². The first kappa shape index (κ1) is 21.4. The number of halogens is 2. The molecule has 1 amide bonds. The van der Waals surface area contributed by atoms with Gasteiger partial charge in [0, 0.05) is 24.0 Å².